The number of carbonyl (C=O) groups excluding carboxylic acids is 3. The molecular formula is C27H19Cl4FN2O6. The number of carbonyl (C=O) groups is 3. The fraction of sp³-hybridized carbons (Fsp3) is 0.222. The van der Waals surface area contributed by atoms with E-state index in [2.05, 4.69) is 0 Å². The van der Waals surface area contributed by atoms with Gasteiger partial charge in [0.15, 0.2) is 11.5 Å². The first-order valence-corrected chi connectivity index (χ1v) is 13.1. The van der Waals surface area contributed by atoms with E-state index in [1.54, 1.807) is 19.1 Å². The van der Waals surface area contributed by atoms with Gasteiger partial charge in [-0.2, -0.15) is 0 Å². The molecule has 2 atom stereocenters. The van der Waals surface area contributed by atoms with E-state index in [1.165, 1.54) is 44.4 Å². The highest BCUT2D eigenvalue weighted by Crippen LogP contribution is 2.51. The van der Waals surface area contributed by atoms with Gasteiger partial charge in [-0.05, 0) is 42.3 Å². The van der Waals surface area contributed by atoms with Crippen LogP contribution in [0.2, 0.25) is 20.1 Å². The van der Waals surface area contributed by atoms with E-state index < -0.39 is 35.6 Å². The molecular weight excluding hydrogens is 609 g/mol. The highest BCUT2D eigenvalue weighted by atomic mass is 35.5. The Balaban J connectivity index is 1.71. The Morgan fingerprint density at radius 1 is 0.725 bits per heavy atom. The quantitative estimate of drug-likeness (QED) is 0.134. The second kappa shape index (κ2) is 10.3. The summed E-state index contributed by atoms with van der Waals surface area (Å²) >= 11 is 24.9. The lowest BCUT2D eigenvalue weighted by molar-refractivity contribution is -0.130. The van der Waals surface area contributed by atoms with Gasteiger partial charge in [0, 0.05) is 0 Å². The lowest BCUT2D eigenvalue weighted by atomic mass is 9.85. The third-order valence-corrected chi connectivity index (χ3v) is 8.74. The minimum Gasteiger partial charge on any atom is -0.493 e. The van der Waals surface area contributed by atoms with E-state index in [9.17, 15) is 18.8 Å². The molecule has 0 aromatic heterocycles. The molecule has 1 fully saturated rings. The number of β-lactam (4-membered cyclic amide) rings is 1. The standard InChI is InChI=1S/C27H19Cl4FN2O6/c1-10-5-6-12(32)9-13(10)33-22(11-7-14(38-2)24(40-4)15(8-11)39-3)23(27(33)37)34-25(35)16-17(26(34)36)19(29)21(31)20(30)18(16)28/h5-9,22-23H,1-4H3/t22-,23+/m0/s1. The van der Waals surface area contributed by atoms with Crippen molar-refractivity contribution in [2.45, 2.75) is 19.0 Å². The Hall–Kier alpha value is -3.24. The molecule has 3 aromatic carbocycles. The maximum atomic E-state index is 14.4. The molecule has 3 amide bonds. The van der Waals surface area contributed by atoms with Gasteiger partial charge in [-0.15, -0.1) is 0 Å². The fourth-order valence-corrected chi connectivity index (χ4v) is 6.07. The van der Waals surface area contributed by atoms with Crippen molar-refractivity contribution in [3.63, 3.8) is 0 Å². The highest BCUT2D eigenvalue weighted by molar-refractivity contribution is 6.55. The molecule has 0 radical (unpaired) electrons. The number of imide groups is 1. The second-order valence-electron chi connectivity index (χ2n) is 8.97. The molecule has 0 bridgehead atoms. The van der Waals surface area contributed by atoms with Crippen LogP contribution in [0.4, 0.5) is 10.1 Å². The Kier molecular flexibility index (Phi) is 7.29. The number of fused-ring (bicyclic) bond motifs is 1. The van der Waals surface area contributed by atoms with Crippen molar-refractivity contribution in [3.8, 4) is 17.2 Å². The number of methoxy groups -OCH3 is 3. The van der Waals surface area contributed by atoms with Crippen LogP contribution in [0, 0.1) is 12.7 Å². The lowest BCUT2D eigenvalue weighted by Crippen LogP contribution is -2.67. The van der Waals surface area contributed by atoms with E-state index in [1.807, 2.05) is 0 Å². The summed E-state index contributed by atoms with van der Waals surface area (Å²) in [5.74, 6) is -2.17. The molecule has 5 rings (SSSR count). The summed E-state index contributed by atoms with van der Waals surface area (Å²) in [5.41, 5.74) is 0.717. The molecule has 0 saturated carbocycles. The summed E-state index contributed by atoms with van der Waals surface area (Å²) in [4.78, 5) is 43.2. The fourth-order valence-electron chi connectivity index (χ4n) is 5.06. The molecule has 2 heterocycles. The van der Waals surface area contributed by atoms with Crippen molar-refractivity contribution >= 4 is 69.8 Å². The summed E-state index contributed by atoms with van der Waals surface area (Å²) in [6.07, 6.45) is 0. The summed E-state index contributed by atoms with van der Waals surface area (Å²) in [6.45, 7) is 1.70. The maximum Gasteiger partial charge on any atom is 0.264 e. The molecule has 13 heteroatoms. The normalized spacial score (nSPS) is 18.2. The number of amides is 3. The van der Waals surface area contributed by atoms with E-state index in [0.29, 0.717) is 11.1 Å². The van der Waals surface area contributed by atoms with Gasteiger partial charge in [-0.3, -0.25) is 19.3 Å². The van der Waals surface area contributed by atoms with Crippen molar-refractivity contribution in [1.29, 1.82) is 0 Å². The summed E-state index contributed by atoms with van der Waals surface area (Å²) in [6, 6.07) is 4.77. The monoisotopic (exact) mass is 626 g/mol. The summed E-state index contributed by atoms with van der Waals surface area (Å²) in [7, 11) is 4.27. The largest absolute Gasteiger partial charge is 0.493 e. The molecule has 208 valence electrons. The third kappa shape index (κ3) is 3.98. The number of nitrogens with zero attached hydrogens (tertiary/aromatic N) is 2. The minimum absolute atomic E-state index is 0.201. The Bertz CT molecular complexity index is 1560. The minimum atomic E-state index is -1.37. The number of ether oxygens (including phenoxy) is 3. The van der Waals surface area contributed by atoms with Gasteiger partial charge in [-0.1, -0.05) is 52.5 Å². The molecule has 3 aromatic rings. The molecule has 8 nitrogen and oxygen atoms in total. The van der Waals surface area contributed by atoms with Crippen molar-refractivity contribution in [2.75, 3.05) is 26.2 Å². The Morgan fingerprint density at radius 3 is 1.73 bits per heavy atom. The van der Waals surface area contributed by atoms with Gasteiger partial charge in [-0.25, -0.2) is 4.39 Å². The van der Waals surface area contributed by atoms with Crippen molar-refractivity contribution < 1.29 is 33.0 Å². The number of benzene rings is 3. The van der Waals surface area contributed by atoms with E-state index >= 15 is 0 Å². The first-order valence-electron chi connectivity index (χ1n) is 11.6. The Labute approximate surface area is 248 Å². The second-order valence-corrected chi connectivity index (χ2v) is 10.5. The first kappa shape index (κ1) is 28.3. The van der Waals surface area contributed by atoms with Crippen LogP contribution in [0.25, 0.3) is 0 Å². The van der Waals surface area contributed by atoms with E-state index in [-0.39, 0.29) is 54.2 Å². The molecule has 0 unspecified atom stereocenters. The van der Waals surface area contributed by atoms with Crippen LogP contribution in [-0.2, 0) is 4.79 Å². The van der Waals surface area contributed by atoms with Gasteiger partial charge in [0.25, 0.3) is 17.7 Å². The predicted molar refractivity (Wildman–Crippen MR) is 148 cm³/mol. The van der Waals surface area contributed by atoms with Crippen molar-refractivity contribution in [1.82, 2.24) is 4.90 Å². The van der Waals surface area contributed by atoms with E-state index in [4.69, 9.17) is 60.6 Å². The van der Waals surface area contributed by atoms with Crippen LogP contribution in [0.1, 0.15) is 37.9 Å². The van der Waals surface area contributed by atoms with Gasteiger partial charge in [0.05, 0.1) is 64.3 Å². The van der Waals surface area contributed by atoms with Crippen LogP contribution in [0.15, 0.2) is 30.3 Å². The van der Waals surface area contributed by atoms with Gasteiger partial charge in [0.2, 0.25) is 5.75 Å². The van der Waals surface area contributed by atoms with Gasteiger partial charge < -0.3 is 19.1 Å². The average Bonchev–Trinajstić information content (AvgIpc) is 3.19. The average molecular weight is 628 g/mol. The summed E-state index contributed by atoms with van der Waals surface area (Å²) in [5, 5.41) is -0.928. The van der Waals surface area contributed by atoms with Crippen LogP contribution in [0.3, 0.4) is 0 Å². The number of aryl methyl sites for hydroxylation is 1. The zero-order valence-corrected chi connectivity index (χ0v) is 24.3. The number of hydrogen-bond acceptors (Lipinski definition) is 6. The molecule has 0 spiro atoms. The molecule has 2 aliphatic rings. The SMILES string of the molecule is COc1cc([C@H]2[C@@H](N3C(=O)c4c(Cl)c(Cl)c(Cl)c(Cl)c4C3=O)C(=O)N2c2cc(F)ccc2C)cc(OC)c1OC. The predicted octanol–water partition coefficient (Wildman–Crippen LogP) is 6.53. The van der Waals surface area contributed by atoms with Crippen LogP contribution >= 0.6 is 46.4 Å². The van der Waals surface area contributed by atoms with Crippen LogP contribution in [-0.4, -0.2) is 50.0 Å². The molecule has 0 N–H and O–H groups in total. The molecule has 2 aliphatic heterocycles. The topological polar surface area (TPSA) is 85.4 Å². The van der Waals surface area contributed by atoms with Crippen LogP contribution in [0.5, 0.6) is 17.2 Å². The molecule has 40 heavy (non-hydrogen) atoms. The maximum absolute atomic E-state index is 14.4. The van der Waals surface area contributed by atoms with E-state index in [0.717, 1.165) is 4.90 Å². The number of anilines is 1. The zero-order valence-electron chi connectivity index (χ0n) is 21.3. The molecule has 0 aliphatic carbocycles. The molecule has 1 saturated heterocycles. The Morgan fingerprint density at radius 2 is 1.25 bits per heavy atom. The zero-order chi connectivity index (χ0) is 29.2. The summed E-state index contributed by atoms with van der Waals surface area (Å²) < 4.78 is 30.7. The van der Waals surface area contributed by atoms with Crippen molar-refractivity contribution in [2.24, 2.45) is 0 Å². The van der Waals surface area contributed by atoms with Crippen LogP contribution < -0.4 is 19.1 Å². The lowest BCUT2D eigenvalue weighted by Gasteiger charge is -2.50. The third-order valence-electron chi connectivity index (χ3n) is 6.94. The van der Waals surface area contributed by atoms with Gasteiger partial charge in [0.1, 0.15) is 11.9 Å². The number of hydrogen-bond donors (Lipinski definition) is 0. The smallest absolute Gasteiger partial charge is 0.264 e. The first-order chi connectivity index (χ1) is 19.0. The number of rotatable bonds is 6. The highest BCUT2D eigenvalue weighted by Gasteiger charge is 2.59. The van der Waals surface area contributed by atoms with Gasteiger partial charge >= 0.3 is 0 Å². The van der Waals surface area contributed by atoms with Crippen molar-refractivity contribution in [3.05, 3.63) is 78.5 Å². The number of halogens is 5.